The molecule has 4 nitrogen and oxygen atoms in total. The lowest BCUT2D eigenvalue weighted by atomic mass is 10.0. The van der Waals surface area contributed by atoms with E-state index in [0.29, 0.717) is 5.82 Å². The van der Waals surface area contributed by atoms with Crippen LogP contribution in [0, 0.1) is 5.92 Å². The molecule has 1 saturated carbocycles. The standard InChI is InChI=1S/C12H17N3O/c1-15(11-7-2-3-8-14-11)12(16)9-5-4-6-10(9)13/h2-3,7-10H,4-6,13H2,1H3. The Hall–Kier alpha value is -1.42. The molecule has 16 heavy (non-hydrogen) atoms. The van der Waals surface area contributed by atoms with E-state index < -0.39 is 0 Å². The van der Waals surface area contributed by atoms with Crippen molar-refractivity contribution in [2.75, 3.05) is 11.9 Å². The average molecular weight is 219 g/mol. The highest BCUT2D eigenvalue weighted by atomic mass is 16.2. The third kappa shape index (κ3) is 2.07. The Labute approximate surface area is 95.5 Å². The Morgan fingerprint density at radius 3 is 2.88 bits per heavy atom. The Morgan fingerprint density at radius 1 is 1.50 bits per heavy atom. The van der Waals surface area contributed by atoms with Crippen LogP contribution < -0.4 is 10.6 Å². The van der Waals surface area contributed by atoms with E-state index in [1.165, 1.54) is 0 Å². The number of amides is 1. The molecule has 86 valence electrons. The summed E-state index contributed by atoms with van der Waals surface area (Å²) < 4.78 is 0. The van der Waals surface area contributed by atoms with Gasteiger partial charge >= 0.3 is 0 Å². The van der Waals surface area contributed by atoms with E-state index in [1.54, 1.807) is 18.1 Å². The SMILES string of the molecule is CN(C(=O)C1CCCC1N)c1ccccn1. The first-order valence-corrected chi connectivity index (χ1v) is 5.64. The van der Waals surface area contributed by atoms with Crippen LogP contribution >= 0.6 is 0 Å². The van der Waals surface area contributed by atoms with Crippen molar-refractivity contribution in [2.45, 2.75) is 25.3 Å². The van der Waals surface area contributed by atoms with Gasteiger partial charge in [0.1, 0.15) is 5.82 Å². The fourth-order valence-electron chi connectivity index (χ4n) is 2.21. The van der Waals surface area contributed by atoms with Crippen LogP contribution in [-0.4, -0.2) is 24.0 Å². The third-order valence-corrected chi connectivity index (χ3v) is 3.21. The molecule has 1 aromatic rings. The maximum Gasteiger partial charge on any atom is 0.232 e. The van der Waals surface area contributed by atoms with Crippen LogP contribution in [0.3, 0.4) is 0 Å². The van der Waals surface area contributed by atoms with Gasteiger partial charge in [0.05, 0.1) is 5.92 Å². The van der Waals surface area contributed by atoms with Gasteiger partial charge in [-0.2, -0.15) is 0 Å². The Balaban J connectivity index is 2.10. The molecule has 2 atom stereocenters. The molecule has 2 unspecified atom stereocenters. The summed E-state index contributed by atoms with van der Waals surface area (Å²) in [4.78, 5) is 17.9. The molecule has 1 amide bonds. The normalized spacial score (nSPS) is 24.4. The van der Waals surface area contributed by atoms with Crippen LogP contribution in [0.4, 0.5) is 5.82 Å². The molecule has 1 aliphatic rings. The van der Waals surface area contributed by atoms with E-state index >= 15 is 0 Å². The summed E-state index contributed by atoms with van der Waals surface area (Å²) in [5.74, 6) is 0.738. The van der Waals surface area contributed by atoms with E-state index in [1.807, 2.05) is 18.2 Å². The molecule has 2 rings (SSSR count). The van der Waals surface area contributed by atoms with Crippen LogP contribution in [0.1, 0.15) is 19.3 Å². The number of pyridine rings is 1. The zero-order valence-corrected chi connectivity index (χ0v) is 9.47. The molecule has 1 heterocycles. The van der Waals surface area contributed by atoms with Crippen LogP contribution in [0.2, 0.25) is 0 Å². The molecule has 0 saturated heterocycles. The van der Waals surface area contributed by atoms with Crippen LogP contribution in [0.5, 0.6) is 0 Å². The van der Waals surface area contributed by atoms with E-state index in [9.17, 15) is 4.79 Å². The van der Waals surface area contributed by atoms with E-state index in [0.717, 1.165) is 19.3 Å². The number of hydrogen-bond donors (Lipinski definition) is 1. The highest BCUT2D eigenvalue weighted by Crippen LogP contribution is 2.26. The van der Waals surface area contributed by atoms with Gasteiger partial charge < -0.3 is 5.73 Å². The number of rotatable bonds is 2. The number of carbonyl (C=O) groups is 1. The molecule has 0 aliphatic heterocycles. The smallest absolute Gasteiger partial charge is 0.232 e. The molecule has 1 aromatic heterocycles. The summed E-state index contributed by atoms with van der Waals surface area (Å²) >= 11 is 0. The van der Waals surface area contributed by atoms with Gasteiger partial charge in [-0.15, -0.1) is 0 Å². The highest BCUT2D eigenvalue weighted by molar-refractivity contribution is 5.94. The summed E-state index contributed by atoms with van der Waals surface area (Å²) in [6.07, 6.45) is 4.59. The molecular weight excluding hydrogens is 202 g/mol. The van der Waals surface area contributed by atoms with Crippen molar-refractivity contribution >= 4 is 11.7 Å². The maximum absolute atomic E-state index is 12.2. The lowest BCUT2D eigenvalue weighted by molar-refractivity contribution is -0.122. The van der Waals surface area contributed by atoms with Gasteiger partial charge in [-0.05, 0) is 25.0 Å². The van der Waals surface area contributed by atoms with Crippen molar-refractivity contribution in [3.63, 3.8) is 0 Å². The molecule has 1 fully saturated rings. The van der Waals surface area contributed by atoms with Gasteiger partial charge in [-0.3, -0.25) is 9.69 Å². The first-order valence-electron chi connectivity index (χ1n) is 5.64. The minimum atomic E-state index is -0.0352. The van der Waals surface area contributed by atoms with Gasteiger partial charge in [0.2, 0.25) is 5.91 Å². The van der Waals surface area contributed by atoms with E-state index in [-0.39, 0.29) is 17.9 Å². The molecule has 4 heteroatoms. The average Bonchev–Trinajstić information content (AvgIpc) is 2.75. The zero-order chi connectivity index (χ0) is 11.5. The lowest BCUT2D eigenvalue weighted by Gasteiger charge is -2.22. The number of nitrogens with two attached hydrogens (primary N) is 1. The van der Waals surface area contributed by atoms with Gasteiger partial charge in [0.15, 0.2) is 0 Å². The third-order valence-electron chi connectivity index (χ3n) is 3.21. The van der Waals surface area contributed by atoms with Gasteiger partial charge in [-0.25, -0.2) is 4.98 Å². The molecule has 1 aliphatic carbocycles. The number of hydrogen-bond acceptors (Lipinski definition) is 3. The predicted octanol–water partition coefficient (Wildman–Crippen LogP) is 1.17. The van der Waals surface area contributed by atoms with E-state index in [2.05, 4.69) is 4.98 Å². The second-order valence-corrected chi connectivity index (χ2v) is 4.29. The fraction of sp³-hybridized carbons (Fsp3) is 0.500. The Kier molecular flexibility index (Phi) is 3.19. The molecule has 0 bridgehead atoms. The van der Waals surface area contributed by atoms with Crippen LogP contribution in [0.25, 0.3) is 0 Å². The largest absolute Gasteiger partial charge is 0.327 e. The first-order chi connectivity index (χ1) is 7.70. The number of carbonyl (C=O) groups excluding carboxylic acids is 1. The molecule has 0 spiro atoms. The van der Waals surface area contributed by atoms with E-state index in [4.69, 9.17) is 5.73 Å². The Morgan fingerprint density at radius 2 is 2.31 bits per heavy atom. The van der Waals surface area contributed by atoms with Crippen LogP contribution in [0.15, 0.2) is 24.4 Å². The van der Waals surface area contributed by atoms with Crippen molar-refractivity contribution in [1.29, 1.82) is 0 Å². The first kappa shape index (κ1) is 11.1. The molecule has 0 radical (unpaired) electrons. The minimum absolute atomic E-state index is 0.0127. The summed E-state index contributed by atoms with van der Waals surface area (Å²) in [6.45, 7) is 0. The zero-order valence-electron chi connectivity index (χ0n) is 9.47. The minimum Gasteiger partial charge on any atom is -0.327 e. The van der Waals surface area contributed by atoms with Gasteiger partial charge in [-0.1, -0.05) is 12.5 Å². The topological polar surface area (TPSA) is 59.2 Å². The van der Waals surface area contributed by atoms with Crippen molar-refractivity contribution < 1.29 is 4.79 Å². The summed E-state index contributed by atoms with van der Waals surface area (Å²) in [7, 11) is 1.76. The number of nitrogens with zero attached hydrogens (tertiary/aromatic N) is 2. The van der Waals surface area contributed by atoms with Crippen molar-refractivity contribution in [3.8, 4) is 0 Å². The molecular formula is C12H17N3O. The predicted molar refractivity (Wildman–Crippen MR) is 63.0 cm³/mol. The summed E-state index contributed by atoms with van der Waals surface area (Å²) in [5, 5.41) is 0. The lowest BCUT2D eigenvalue weighted by Crippen LogP contribution is -2.40. The maximum atomic E-state index is 12.2. The monoisotopic (exact) mass is 219 g/mol. The summed E-state index contributed by atoms with van der Waals surface area (Å²) in [6, 6.07) is 5.56. The quantitative estimate of drug-likeness (QED) is 0.812. The van der Waals surface area contributed by atoms with Crippen LogP contribution in [-0.2, 0) is 4.79 Å². The summed E-state index contributed by atoms with van der Waals surface area (Å²) in [5.41, 5.74) is 5.93. The Bertz CT molecular complexity index is 366. The molecule has 0 aromatic carbocycles. The molecule has 2 N–H and O–H groups in total. The second kappa shape index (κ2) is 4.61. The highest BCUT2D eigenvalue weighted by Gasteiger charge is 2.32. The van der Waals surface area contributed by atoms with Crippen molar-refractivity contribution in [2.24, 2.45) is 11.7 Å². The van der Waals surface area contributed by atoms with Crippen molar-refractivity contribution in [3.05, 3.63) is 24.4 Å². The van der Waals surface area contributed by atoms with Gasteiger partial charge in [0.25, 0.3) is 0 Å². The van der Waals surface area contributed by atoms with Crippen molar-refractivity contribution in [1.82, 2.24) is 4.98 Å². The second-order valence-electron chi connectivity index (χ2n) is 4.29. The number of anilines is 1. The fourth-order valence-corrected chi connectivity index (χ4v) is 2.21. The van der Waals surface area contributed by atoms with Gasteiger partial charge in [0, 0.05) is 19.3 Å². The number of aromatic nitrogens is 1.